The molecule has 0 aliphatic carbocycles. The zero-order chi connectivity index (χ0) is 19.1. The van der Waals surface area contributed by atoms with E-state index in [1.165, 1.54) is 0 Å². The molecule has 9 heteroatoms. The molecule has 8 nitrogen and oxygen atoms in total. The van der Waals surface area contributed by atoms with Gasteiger partial charge in [-0.1, -0.05) is 23.6 Å². The van der Waals surface area contributed by atoms with Crippen LogP contribution in [0.2, 0.25) is 5.02 Å². The van der Waals surface area contributed by atoms with Crippen LogP contribution in [0.15, 0.2) is 28.7 Å². The lowest BCUT2D eigenvalue weighted by Gasteiger charge is -2.27. The molecular weight excluding hydrogens is 374 g/mol. The van der Waals surface area contributed by atoms with E-state index in [4.69, 9.17) is 30.2 Å². The number of halogens is 1. The molecule has 2 aromatic rings. The molecule has 1 fully saturated rings. The van der Waals surface area contributed by atoms with Crippen molar-refractivity contribution in [3.63, 3.8) is 0 Å². The molecule has 1 saturated heterocycles. The first-order valence-electron chi connectivity index (χ1n) is 8.89. The molecule has 0 saturated carbocycles. The Morgan fingerprint density at radius 1 is 1.26 bits per heavy atom. The van der Waals surface area contributed by atoms with E-state index in [-0.39, 0.29) is 30.7 Å². The normalized spacial score (nSPS) is 19.5. The van der Waals surface area contributed by atoms with E-state index >= 15 is 0 Å². The number of carbonyl (C=O) groups is 1. The van der Waals surface area contributed by atoms with Gasteiger partial charge in [-0.3, -0.25) is 4.79 Å². The third-order valence-corrected chi connectivity index (χ3v) is 4.20. The van der Waals surface area contributed by atoms with E-state index < -0.39 is 0 Å². The summed E-state index contributed by atoms with van der Waals surface area (Å²) in [6.07, 6.45) is 2.14. The highest BCUT2D eigenvalue weighted by Gasteiger charge is 2.28. The van der Waals surface area contributed by atoms with Crippen LogP contribution >= 0.6 is 11.6 Å². The SMILES string of the molecule is CCCOc1nnc([C@H]2CC[C@H](NC(=O)COc3ccc(Cl)cc3)CO2)o1. The molecule has 27 heavy (non-hydrogen) atoms. The minimum atomic E-state index is -0.282. The summed E-state index contributed by atoms with van der Waals surface area (Å²) in [4.78, 5) is 12.0. The Balaban J connectivity index is 1.39. The monoisotopic (exact) mass is 395 g/mol. The van der Waals surface area contributed by atoms with Gasteiger partial charge < -0.3 is 23.9 Å². The van der Waals surface area contributed by atoms with Gasteiger partial charge in [0.25, 0.3) is 5.91 Å². The topological polar surface area (TPSA) is 95.7 Å². The maximum Gasteiger partial charge on any atom is 0.414 e. The minimum absolute atomic E-state index is 0.0661. The van der Waals surface area contributed by atoms with Crippen LogP contribution in [0.1, 0.15) is 38.2 Å². The Morgan fingerprint density at radius 2 is 2.07 bits per heavy atom. The van der Waals surface area contributed by atoms with Gasteiger partial charge in [-0.2, -0.15) is 0 Å². The van der Waals surface area contributed by atoms with E-state index in [2.05, 4.69) is 15.5 Å². The molecule has 0 bridgehead atoms. The maximum absolute atomic E-state index is 12.0. The van der Waals surface area contributed by atoms with Crippen molar-refractivity contribution >= 4 is 17.5 Å². The predicted molar refractivity (Wildman–Crippen MR) is 96.9 cm³/mol. The Kier molecular flexibility index (Phi) is 6.89. The summed E-state index contributed by atoms with van der Waals surface area (Å²) in [5.41, 5.74) is 0. The number of aromatic nitrogens is 2. The molecule has 0 spiro atoms. The zero-order valence-corrected chi connectivity index (χ0v) is 15.8. The lowest BCUT2D eigenvalue weighted by Crippen LogP contribution is -2.43. The highest BCUT2D eigenvalue weighted by Crippen LogP contribution is 2.28. The van der Waals surface area contributed by atoms with Gasteiger partial charge in [0.2, 0.25) is 5.89 Å². The van der Waals surface area contributed by atoms with Crippen LogP contribution in [0, 0.1) is 0 Å². The van der Waals surface area contributed by atoms with Crippen LogP contribution in [-0.4, -0.2) is 42.0 Å². The number of benzene rings is 1. The quantitative estimate of drug-likeness (QED) is 0.734. The first kappa shape index (κ1) is 19.4. The van der Waals surface area contributed by atoms with Crippen molar-refractivity contribution in [2.75, 3.05) is 19.8 Å². The van der Waals surface area contributed by atoms with E-state index in [0.29, 0.717) is 36.3 Å². The summed E-state index contributed by atoms with van der Waals surface area (Å²) >= 11 is 5.81. The van der Waals surface area contributed by atoms with E-state index in [1.807, 2.05) is 6.92 Å². The van der Waals surface area contributed by atoms with Crippen LogP contribution in [0.5, 0.6) is 11.8 Å². The number of carbonyl (C=O) groups excluding carboxylic acids is 1. The standard InChI is InChI=1S/C18H22ClN3O5/c1-2-9-24-18-22-21-17(27-18)15-8-5-13(10-26-15)20-16(23)11-25-14-6-3-12(19)4-7-14/h3-4,6-7,13,15H,2,5,8-11H2,1H3,(H,20,23)/t13-,15+/m0/s1. The fourth-order valence-corrected chi connectivity index (χ4v) is 2.73. The average Bonchev–Trinajstić information content (AvgIpc) is 3.15. The molecule has 3 rings (SSSR count). The summed E-state index contributed by atoms with van der Waals surface area (Å²) in [5.74, 6) is 0.786. The number of amides is 1. The van der Waals surface area contributed by atoms with Gasteiger partial charge >= 0.3 is 6.08 Å². The largest absolute Gasteiger partial charge is 0.484 e. The Labute approximate surface area is 162 Å². The van der Waals surface area contributed by atoms with Crippen molar-refractivity contribution in [2.24, 2.45) is 0 Å². The summed E-state index contributed by atoms with van der Waals surface area (Å²) in [7, 11) is 0. The van der Waals surface area contributed by atoms with Crippen molar-refractivity contribution in [1.29, 1.82) is 0 Å². The molecule has 2 heterocycles. The van der Waals surface area contributed by atoms with Crippen LogP contribution in [-0.2, 0) is 9.53 Å². The molecule has 146 valence electrons. The summed E-state index contributed by atoms with van der Waals surface area (Å²) in [6, 6.07) is 6.76. The number of nitrogens with zero attached hydrogens (tertiary/aromatic N) is 2. The number of rotatable bonds is 8. The van der Waals surface area contributed by atoms with E-state index in [0.717, 1.165) is 12.8 Å². The number of nitrogens with one attached hydrogen (secondary N) is 1. The summed E-state index contributed by atoms with van der Waals surface area (Å²) in [5, 5.41) is 11.3. The van der Waals surface area contributed by atoms with Gasteiger partial charge in [-0.15, -0.1) is 5.10 Å². The van der Waals surface area contributed by atoms with Crippen LogP contribution in [0.25, 0.3) is 0 Å². The minimum Gasteiger partial charge on any atom is -0.484 e. The van der Waals surface area contributed by atoms with Crippen molar-refractivity contribution in [3.05, 3.63) is 35.2 Å². The molecule has 1 amide bonds. The van der Waals surface area contributed by atoms with Gasteiger partial charge in [0.1, 0.15) is 11.9 Å². The van der Waals surface area contributed by atoms with Gasteiger partial charge in [0.15, 0.2) is 6.61 Å². The zero-order valence-electron chi connectivity index (χ0n) is 15.0. The lowest BCUT2D eigenvalue weighted by atomic mass is 10.1. The second kappa shape index (κ2) is 9.57. The second-order valence-electron chi connectivity index (χ2n) is 6.16. The fourth-order valence-electron chi connectivity index (χ4n) is 2.61. The summed E-state index contributed by atoms with van der Waals surface area (Å²) < 4.78 is 21.9. The fraction of sp³-hybridized carbons (Fsp3) is 0.500. The molecule has 1 N–H and O–H groups in total. The van der Waals surface area contributed by atoms with Crippen LogP contribution < -0.4 is 14.8 Å². The lowest BCUT2D eigenvalue weighted by molar-refractivity contribution is -0.125. The van der Waals surface area contributed by atoms with Gasteiger partial charge in [-0.05, 0) is 43.5 Å². The van der Waals surface area contributed by atoms with Gasteiger partial charge in [-0.25, -0.2) is 0 Å². The van der Waals surface area contributed by atoms with Crippen molar-refractivity contribution < 1.29 is 23.4 Å². The highest BCUT2D eigenvalue weighted by atomic mass is 35.5. The Bertz CT molecular complexity index is 729. The smallest absolute Gasteiger partial charge is 0.414 e. The number of ether oxygens (including phenoxy) is 3. The molecule has 1 aromatic heterocycles. The van der Waals surface area contributed by atoms with Gasteiger partial charge in [0, 0.05) is 5.02 Å². The first-order chi connectivity index (χ1) is 13.1. The number of hydrogen-bond acceptors (Lipinski definition) is 7. The molecule has 2 atom stereocenters. The molecule has 1 aliphatic rings. The Hall–Kier alpha value is -2.32. The molecule has 1 aromatic carbocycles. The molecule has 0 radical (unpaired) electrons. The van der Waals surface area contributed by atoms with Crippen molar-refractivity contribution in [2.45, 2.75) is 38.3 Å². The average molecular weight is 396 g/mol. The molecular formula is C18H22ClN3O5. The summed E-state index contributed by atoms with van der Waals surface area (Å²) in [6.45, 7) is 2.82. The van der Waals surface area contributed by atoms with Gasteiger partial charge in [0.05, 0.1) is 19.3 Å². The first-order valence-corrected chi connectivity index (χ1v) is 9.27. The van der Waals surface area contributed by atoms with Crippen molar-refractivity contribution in [1.82, 2.24) is 15.5 Å². The van der Waals surface area contributed by atoms with E-state index in [9.17, 15) is 4.79 Å². The third-order valence-electron chi connectivity index (χ3n) is 3.95. The molecule has 0 unspecified atom stereocenters. The molecule has 1 aliphatic heterocycles. The second-order valence-corrected chi connectivity index (χ2v) is 6.60. The van der Waals surface area contributed by atoms with E-state index in [1.54, 1.807) is 24.3 Å². The van der Waals surface area contributed by atoms with Crippen LogP contribution in [0.4, 0.5) is 0 Å². The number of hydrogen-bond donors (Lipinski definition) is 1. The highest BCUT2D eigenvalue weighted by molar-refractivity contribution is 6.30. The van der Waals surface area contributed by atoms with Crippen molar-refractivity contribution in [3.8, 4) is 11.8 Å². The van der Waals surface area contributed by atoms with Crippen LogP contribution in [0.3, 0.4) is 0 Å². The predicted octanol–water partition coefficient (Wildman–Crippen LogP) is 2.93. The third kappa shape index (κ3) is 5.83. The maximum atomic E-state index is 12.0. The Morgan fingerprint density at radius 3 is 2.78 bits per heavy atom.